The molecule has 0 aromatic carbocycles. The Balaban J connectivity index is 0.000000555. The highest BCUT2D eigenvalue weighted by molar-refractivity contribution is 5.66. The van der Waals surface area contributed by atoms with Gasteiger partial charge in [-0.25, -0.2) is 0 Å². The number of carbonyl (C=O) groups is 2. The van der Waals surface area contributed by atoms with E-state index in [-0.39, 0.29) is 39.6 Å². The molecule has 90 heavy (non-hydrogen) atoms. The zero-order chi connectivity index (χ0) is 69.2. The number of nitrogens with two attached hydrogens (primary N) is 6. The van der Waals surface area contributed by atoms with Crippen molar-refractivity contribution in [1.29, 1.82) is 0 Å². The van der Waals surface area contributed by atoms with Crippen LogP contribution in [-0.4, -0.2) is 401 Å². The Morgan fingerprint density at radius 3 is 0.978 bits per heavy atom. The molecular formula is C48H98N6O36. The number of hydrogen-bond acceptors (Lipinski definition) is 42. The topological polar surface area (TPSA) is 746 Å². The van der Waals surface area contributed by atoms with Crippen molar-refractivity contribution in [3.8, 4) is 0 Å². The Labute approximate surface area is 514 Å². The maximum absolute atomic E-state index is 10.6. The minimum Gasteiger partial charge on any atom is -0.463 e. The predicted molar refractivity (Wildman–Crippen MR) is 290 cm³/mol. The minimum absolute atomic E-state index is 0.133. The van der Waals surface area contributed by atoms with E-state index in [1.54, 1.807) is 0 Å². The number of hydrogen-bond donors (Lipinski definition) is 28. The molecule has 6 aliphatic heterocycles. The Kier molecular flexibility index (Phi) is 40.6. The molecule has 3 unspecified atom stereocenters. The molecular weight excluding hydrogens is 1240 g/mol. The van der Waals surface area contributed by atoms with Gasteiger partial charge in [-0.1, -0.05) is 0 Å². The summed E-state index contributed by atoms with van der Waals surface area (Å²) in [6.07, 6.45) is -30.0. The van der Waals surface area contributed by atoms with Gasteiger partial charge < -0.3 is 204 Å². The molecule has 6 aliphatic rings. The Morgan fingerprint density at radius 1 is 0.367 bits per heavy atom. The summed E-state index contributed by atoms with van der Waals surface area (Å²) in [5.41, 5.74) is 33.2. The lowest BCUT2D eigenvalue weighted by Crippen LogP contribution is -2.67. The van der Waals surface area contributed by atoms with E-state index >= 15 is 0 Å². The lowest BCUT2D eigenvalue weighted by atomic mass is 9.95. The van der Waals surface area contributed by atoms with E-state index in [0.29, 0.717) is 0 Å². The smallest absolute Gasteiger partial charge is 0.302 e. The van der Waals surface area contributed by atoms with E-state index in [0.717, 1.165) is 0 Å². The molecule has 0 bridgehead atoms. The molecule has 536 valence electrons. The Bertz CT molecular complexity index is 1850. The highest BCUT2D eigenvalue weighted by Gasteiger charge is 2.50. The number of methoxy groups -OCH3 is 2. The molecule has 32 atom stereocenters. The fourth-order valence-electron chi connectivity index (χ4n) is 8.39. The van der Waals surface area contributed by atoms with Crippen LogP contribution in [0.3, 0.4) is 0 Å². The maximum Gasteiger partial charge on any atom is 0.302 e. The van der Waals surface area contributed by atoms with E-state index in [1.165, 1.54) is 28.1 Å². The SMILES string of the molecule is CC(=O)OCC(O)CO.CC(=O)OCC(O)COC1O[C@H](CO)[C@@H](O)[C@H](O)[C@H]1N.CO[C@@H]1O[C@H](CO)[C@@H](O)[C@H](O)[C@H]1N.CO[C@@H]1O[C@H](CO)[C@@H](O)[C@H](O)[C@H]1N.N[C@@H]1[C@@H](O)[C@H](O)[C@@H](CO)O[C@H]1O.N[C@@H]1[C@@H](O)[C@H](O[C@@H]2O[C@H](CO)[C@@H](O)[C@H](O)[C@H]2N)[C@@H](CO)O[C@H]1O. The Hall–Kier alpha value is -2.58. The molecule has 0 aromatic rings. The van der Waals surface area contributed by atoms with Crippen LogP contribution in [0, 0.1) is 0 Å². The summed E-state index contributed by atoms with van der Waals surface area (Å²) >= 11 is 0. The average Bonchev–Trinajstić information content (AvgIpc) is 0.913. The van der Waals surface area contributed by atoms with Gasteiger partial charge >= 0.3 is 11.9 Å². The van der Waals surface area contributed by atoms with Crippen LogP contribution in [0.2, 0.25) is 0 Å². The van der Waals surface area contributed by atoms with Gasteiger partial charge in [-0.05, 0) is 0 Å². The Morgan fingerprint density at radius 2 is 0.644 bits per heavy atom. The van der Waals surface area contributed by atoms with Crippen LogP contribution in [-0.2, 0) is 66.4 Å². The molecule has 42 heteroatoms. The van der Waals surface area contributed by atoms with Crippen LogP contribution in [0.4, 0.5) is 0 Å². The summed E-state index contributed by atoms with van der Waals surface area (Å²) in [4.78, 5) is 20.6. The summed E-state index contributed by atoms with van der Waals surface area (Å²) in [6, 6.07) is -6.05. The van der Waals surface area contributed by atoms with Crippen LogP contribution < -0.4 is 34.4 Å². The summed E-state index contributed by atoms with van der Waals surface area (Å²) in [5, 5.41) is 203. The molecule has 42 nitrogen and oxygen atoms in total. The third-order valence-electron chi connectivity index (χ3n) is 14.0. The van der Waals surface area contributed by atoms with Crippen LogP contribution in [0.25, 0.3) is 0 Å². The van der Waals surface area contributed by atoms with Crippen molar-refractivity contribution in [2.24, 2.45) is 34.4 Å². The van der Waals surface area contributed by atoms with Gasteiger partial charge in [-0.3, -0.25) is 9.59 Å². The quantitative estimate of drug-likeness (QED) is 0.0567. The molecule has 0 amide bonds. The zero-order valence-corrected chi connectivity index (χ0v) is 49.6. The molecule has 6 heterocycles. The second-order valence-electron chi connectivity index (χ2n) is 20.8. The van der Waals surface area contributed by atoms with E-state index < -0.39 is 234 Å². The van der Waals surface area contributed by atoms with E-state index in [2.05, 4.69) is 9.47 Å². The van der Waals surface area contributed by atoms with Gasteiger partial charge in [0.25, 0.3) is 0 Å². The third kappa shape index (κ3) is 25.5. The number of rotatable bonds is 18. The molecule has 0 aromatic heterocycles. The lowest BCUT2D eigenvalue weighted by molar-refractivity contribution is -0.324. The van der Waals surface area contributed by atoms with Crippen molar-refractivity contribution >= 4 is 11.9 Å². The molecule has 0 aliphatic carbocycles. The number of carbonyl (C=O) groups excluding carboxylic acids is 2. The normalized spacial score (nSPS) is 42.4. The minimum atomic E-state index is -1.49. The molecule has 6 rings (SSSR count). The van der Waals surface area contributed by atoms with Gasteiger partial charge in [-0.2, -0.15) is 0 Å². The average molecular weight is 1340 g/mol. The van der Waals surface area contributed by atoms with Gasteiger partial charge in [0.05, 0.1) is 89.1 Å². The number of aliphatic hydroxyl groups excluding tert-OH is 22. The molecule has 0 saturated carbocycles. The van der Waals surface area contributed by atoms with Crippen molar-refractivity contribution in [2.75, 3.05) is 80.3 Å². The van der Waals surface area contributed by atoms with Gasteiger partial charge in [0.2, 0.25) is 0 Å². The van der Waals surface area contributed by atoms with Crippen LogP contribution in [0.5, 0.6) is 0 Å². The molecule has 0 spiro atoms. The first kappa shape index (κ1) is 85.4. The van der Waals surface area contributed by atoms with Crippen molar-refractivity contribution < 1.29 is 179 Å². The van der Waals surface area contributed by atoms with Crippen molar-refractivity contribution in [1.82, 2.24) is 0 Å². The number of esters is 2. The van der Waals surface area contributed by atoms with Crippen LogP contribution in [0.15, 0.2) is 0 Å². The highest BCUT2D eigenvalue weighted by Crippen LogP contribution is 2.28. The van der Waals surface area contributed by atoms with Crippen LogP contribution in [0.1, 0.15) is 13.8 Å². The maximum atomic E-state index is 10.6. The standard InChI is InChI=1S/C12H24N2O9.C11H21NO8.2C7H15NO5.C6H13NO5.C5H10O4/c13-5-9(19)10(4(2-16)21-11(5)20)23-12-6(14)8(18)7(17)3(1-15)22-12;1-5(14)18-3-6(15)4-19-11-8(12)10(17)9(16)7(2-13)20-11;2*1-12-7-4(8)6(11)5(10)3(2-9)13-7;7-3-5(10)4(9)2(1-8)12-6(3)11;1-4(7)9-3-5(8)2-6/h3-12,15-20H,1-2,13-14H2;6-11,13,15-17H,2-4,12H2,1H3;2*3-7,9-11H,2,8H2,1H3;2-6,8-11H,1,7H2;5-6,8H,2-3H2,1H3/t3-,4-,5-,6-,7-,8-,9-,10-,11-,12+;6?,7-,8-,9-,10-,11?;2*3-,4-,5-,6-,7-;2-,3-,4-,5-,6-;/m11111./s1. The van der Waals surface area contributed by atoms with E-state index in [4.69, 9.17) is 123 Å². The predicted octanol–water partition coefficient (Wildman–Crippen LogP) is -18.3. The second kappa shape index (κ2) is 42.8. The number of aliphatic hydroxyl groups is 22. The van der Waals surface area contributed by atoms with Crippen LogP contribution >= 0.6 is 0 Å². The summed E-state index contributed by atoms with van der Waals surface area (Å²) in [6.45, 7) is -1.48. The van der Waals surface area contributed by atoms with E-state index in [1.807, 2.05) is 0 Å². The summed E-state index contributed by atoms with van der Waals surface area (Å²) in [7, 11) is 2.76. The largest absolute Gasteiger partial charge is 0.463 e. The van der Waals surface area contributed by atoms with Gasteiger partial charge in [0.15, 0.2) is 37.7 Å². The molecule has 6 fully saturated rings. The first-order valence-corrected chi connectivity index (χ1v) is 27.7. The zero-order valence-electron chi connectivity index (χ0n) is 49.6. The summed E-state index contributed by atoms with van der Waals surface area (Å²) in [5.74, 6) is -0.990. The fourth-order valence-corrected chi connectivity index (χ4v) is 8.39. The summed E-state index contributed by atoms with van der Waals surface area (Å²) < 4.78 is 59.6. The van der Waals surface area contributed by atoms with Crippen molar-refractivity contribution in [3.63, 3.8) is 0 Å². The second-order valence-corrected chi connectivity index (χ2v) is 20.8. The molecule has 6 saturated heterocycles. The van der Waals surface area contributed by atoms with Gasteiger partial charge in [0, 0.05) is 28.1 Å². The highest BCUT2D eigenvalue weighted by atomic mass is 16.7. The van der Waals surface area contributed by atoms with E-state index in [9.17, 15) is 81.1 Å². The van der Waals surface area contributed by atoms with Crippen molar-refractivity contribution in [2.45, 2.75) is 210 Å². The lowest BCUT2D eigenvalue weighted by Gasteiger charge is -2.45. The van der Waals surface area contributed by atoms with Gasteiger partial charge in [0.1, 0.15) is 135 Å². The molecule has 0 radical (unpaired) electrons. The monoisotopic (exact) mass is 1330 g/mol. The van der Waals surface area contributed by atoms with Crippen molar-refractivity contribution in [3.05, 3.63) is 0 Å². The number of ether oxygens (including phenoxy) is 12. The fraction of sp³-hybridized carbons (Fsp3) is 0.958. The molecule has 34 N–H and O–H groups in total. The first-order chi connectivity index (χ1) is 42.1. The van der Waals surface area contributed by atoms with Gasteiger partial charge in [-0.15, -0.1) is 0 Å². The first-order valence-electron chi connectivity index (χ1n) is 27.7. The third-order valence-corrected chi connectivity index (χ3v) is 14.0.